The number of nitrogens with zero attached hydrogens (tertiary/aromatic N) is 3. The van der Waals surface area contributed by atoms with Gasteiger partial charge in [0.25, 0.3) is 0 Å². The Bertz CT molecular complexity index is 432. The van der Waals surface area contributed by atoms with Crippen LogP contribution >= 0.6 is 0 Å². The van der Waals surface area contributed by atoms with Crippen molar-refractivity contribution in [3.05, 3.63) is 41.5 Å². The second-order valence-electron chi connectivity index (χ2n) is 3.71. The van der Waals surface area contributed by atoms with Gasteiger partial charge in [0.05, 0.1) is 5.69 Å². The normalized spacial score (nSPS) is 22.2. The second kappa shape index (κ2) is 4.57. The van der Waals surface area contributed by atoms with E-state index in [9.17, 15) is 4.79 Å². The molecule has 0 aliphatic carbocycles. The summed E-state index contributed by atoms with van der Waals surface area (Å²) in [5.41, 5.74) is 2.01. The van der Waals surface area contributed by atoms with Gasteiger partial charge in [0, 0.05) is 6.20 Å². The van der Waals surface area contributed by atoms with Crippen molar-refractivity contribution in [3.8, 4) is 0 Å². The number of fused-ring (bicyclic) bond motifs is 2. The van der Waals surface area contributed by atoms with Gasteiger partial charge < -0.3 is 10.2 Å². The molecule has 2 bridgehead atoms. The monoisotopic (exact) mass is 223 g/mol. The molecule has 3 heterocycles. The molecule has 1 aromatic rings. The number of hydrogen-bond donors (Lipinski definition) is 0. The van der Waals surface area contributed by atoms with Crippen LogP contribution in [0.25, 0.3) is 10.9 Å². The Labute approximate surface area is 116 Å². The van der Waals surface area contributed by atoms with Crippen molar-refractivity contribution in [1.82, 2.24) is 9.88 Å². The van der Waals surface area contributed by atoms with E-state index >= 15 is 0 Å². The first-order valence-corrected chi connectivity index (χ1v) is 4.96. The Balaban J connectivity index is 0.000000963. The van der Waals surface area contributed by atoms with E-state index in [-0.39, 0.29) is 41.6 Å². The van der Waals surface area contributed by atoms with Crippen molar-refractivity contribution < 1.29 is 34.4 Å². The number of hydrogen-bond acceptors (Lipinski definition) is 2. The van der Waals surface area contributed by atoms with Crippen molar-refractivity contribution in [3.63, 3.8) is 0 Å². The summed E-state index contributed by atoms with van der Waals surface area (Å²) in [5, 5.41) is 4.09. The van der Waals surface area contributed by atoms with Gasteiger partial charge in [0.1, 0.15) is 0 Å². The SMILES string of the molecule is O=C1[N-]C2CN1CC=C2c1ccccn1.[Na+]. The molecule has 1 atom stereocenters. The summed E-state index contributed by atoms with van der Waals surface area (Å²) < 4.78 is 0. The molecule has 1 unspecified atom stereocenters. The van der Waals surface area contributed by atoms with Crippen LogP contribution in [0.4, 0.5) is 4.79 Å². The van der Waals surface area contributed by atoms with Crippen LogP contribution in [0.15, 0.2) is 30.5 Å². The molecule has 76 valence electrons. The number of rotatable bonds is 1. The van der Waals surface area contributed by atoms with Crippen LogP contribution < -0.4 is 29.6 Å². The van der Waals surface area contributed by atoms with E-state index in [1.807, 2.05) is 24.3 Å². The molecular weight excluding hydrogens is 213 g/mol. The van der Waals surface area contributed by atoms with Crippen LogP contribution in [0, 0.1) is 0 Å². The first-order valence-electron chi connectivity index (χ1n) is 4.96. The summed E-state index contributed by atoms with van der Waals surface area (Å²) >= 11 is 0. The summed E-state index contributed by atoms with van der Waals surface area (Å²) in [7, 11) is 0. The van der Waals surface area contributed by atoms with Crippen LogP contribution in [0.1, 0.15) is 5.69 Å². The summed E-state index contributed by atoms with van der Waals surface area (Å²) in [6.45, 7) is 1.37. The van der Waals surface area contributed by atoms with Gasteiger partial charge in [-0.25, -0.2) is 0 Å². The third kappa shape index (κ3) is 1.88. The zero-order valence-corrected chi connectivity index (χ0v) is 11.1. The quantitative estimate of drug-likeness (QED) is 0.553. The second-order valence-corrected chi connectivity index (χ2v) is 3.71. The topological polar surface area (TPSA) is 47.3 Å². The molecule has 4 nitrogen and oxygen atoms in total. The smallest absolute Gasteiger partial charge is 0.432 e. The fourth-order valence-electron chi connectivity index (χ4n) is 2.02. The third-order valence-electron chi connectivity index (χ3n) is 2.78. The average Bonchev–Trinajstić information content (AvgIpc) is 2.56. The fraction of sp³-hybridized carbons (Fsp3) is 0.273. The van der Waals surface area contributed by atoms with Crippen molar-refractivity contribution in [2.45, 2.75) is 6.04 Å². The number of aromatic nitrogens is 1. The van der Waals surface area contributed by atoms with Gasteiger partial charge in [-0.3, -0.25) is 9.78 Å². The maximum atomic E-state index is 11.3. The molecule has 0 N–H and O–H groups in total. The Morgan fingerprint density at radius 3 is 3.06 bits per heavy atom. The number of amides is 2. The predicted octanol–water partition coefficient (Wildman–Crippen LogP) is -1.34. The fourth-order valence-corrected chi connectivity index (χ4v) is 2.02. The minimum absolute atomic E-state index is 0. The molecule has 2 aliphatic heterocycles. The van der Waals surface area contributed by atoms with E-state index in [1.54, 1.807) is 11.1 Å². The first-order chi connectivity index (χ1) is 7.34. The van der Waals surface area contributed by atoms with Crippen LogP contribution in [0.5, 0.6) is 0 Å². The zero-order chi connectivity index (χ0) is 10.3. The number of carbonyl (C=O) groups is 1. The summed E-state index contributed by atoms with van der Waals surface area (Å²) in [6, 6.07) is 5.69. The maximum Gasteiger partial charge on any atom is 1.00 e. The van der Waals surface area contributed by atoms with E-state index in [0.29, 0.717) is 13.1 Å². The number of urea groups is 1. The van der Waals surface area contributed by atoms with Crippen molar-refractivity contribution in [1.29, 1.82) is 0 Å². The summed E-state index contributed by atoms with van der Waals surface area (Å²) in [4.78, 5) is 17.4. The van der Waals surface area contributed by atoms with E-state index in [1.165, 1.54) is 0 Å². The molecule has 3 rings (SSSR count). The van der Waals surface area contributed by atoms with Crippen LogP contribution in [0.2, 0.25) is 0 Å². The first kappa shape index (κ1) is 11.6. The Morgan fingerprint density at radius 2 is 2.31 bits per heavy atom. The van der Waals surface area contributed by atoms with Gasteiger partial charge in [0.15, 0.2) is 6.03 Å². The molecule has 0 radical (unpaired) electrons. The number of carbonyl (C=O) groups excluding carboxylic acids is 1. The van der Waals surface area contributed by atoms with Crippen molar-refractivity contribution in [2.24, 2.45) is 0 Å². The van der Waals surface area contributed by atoms with Gasteiger partial charge in [-0.15, -0.1) is 0 Å². The van der Waals surface area contributed by atoms with Crippen LogP contribution in [0.3, 0.4) is 0 Å². The summed E-state index contributed by atoms with van der Waals surface area (Å²) in [6.07, 6.45) is 3.81. The molecule has 5 heteroatoms. The molecule has 1 saturated heterocycles. The zero-order valence-electron chi connectivity index (χ0n) is 9.13. The molecule has 1 fully saturated rings. The Hall–Kier alpha value is -0.840. The van der Waals surface area contributed by atoms with Crippen molar-refractivity contribution >= 4 is 11.6 Å². The van der Waals surface area contributed by atoms with Gasteiger partial charge in [-0.1, -0.05) is 12.1 Å². The minimum Gasteiger partial charge on any atom is -0.432 e. The average molecular weight is 223 g/mol. The number of pyridine rings is 1. The van der Waals surface area contributed by atoms with E-state index in [4.69, 9.17) is 0 Å². The van der Waals surface area contributed by atoms with Crippen LogP contribution in [-0.2, 0) is 0 Å². The van der Waals surface area contributed by atoms with Gasteiger partial charge >= 0.3 is 29.6 Å². The molecule has 2 amide bonds. The Kier molecular flexibility index (Phi) is 3.33. The van der Waals surface area contributed by atoms with E-state index in [2.05, 4.69) is 10.3 Å². The molecule has 2 aliphatic rings. The van der Waals surface area contributed by atoms with Crippen LogP contribution in [-0.4, -0.2) is 35.0 Å². The molecule has 1 aromatic heterocycles. The van der Waals surface area contributed by atoms with Gasteiger partial charge in [-0.05, 0) is 36.8 Å². The summed E-state index contributed by atoms with van der Waals surface area (Å²) in [5.74, 6) is 0. The molecule has 0 saturated carbocycles. The standard InChI is InChI=1S/C11H11N3O.Na/c15-11-13-10-7-14(11)6-4-8(10)9-3-1-2-5-12-9;/h1-5,10H,6-7H2,(H,13,15);/q;+1/p-1. The van der Waals surface area contributed by atoms with E-state index in [0.717, 1.165) is 11.3 Å². The molecule has 0 spiro atoms. The van der Waals surface area contributed by atoms with Gasteiger partial charge in [-0.2, -0.15) is 0 Å². The predicted molar refractivity (Wildman–Crippen MR) is 56.3 cm³/mol. The molecule has 16 heavy (non-hydrogen) atoms. The van der Waals surface area contributed by atoms with Gasteiger partial charge in [0.2, 0.25) is 0 Å². The Morgan fingerprint density at radius 1 is 1.44 bits per heavy atom. The largest absolute Gasteiger partial charge is 1.00 e. The maximum absolute atomic E-state index is 11.3. The van der Waals surface area contributed by atoms with E-state index < -0.39 is 0 Å². The molecule has 0 aromatic carbocycles. The van der Waals surface area contributed by atoms with Crippen molar-refractivity contribution in [2.75, 3.05) is 13.1 Å². The molecular formula is C11H10N3NaO. The minimum atomic E-state index is -0.0952. The third-order valence-corrected chi connectivity index (χ3v) is 2.78.